The van der Waals surface area contributed by atoms with Crippen LogP contribution in [0.2, 0.25) is 5.02 Å². The second-order valence-corrected chi connectivity index (χ2v) is 5.80. The van der Waals surface area contributed by atoms with Crippen molar-refractivity contribution in [3.8, 4) is 6.07 Å². The highest BCUT2D eigenvalue weighted by atomic mass is 35.5. The van der Waals surface area contributed by atoms with Crippen molar-refractivity contribution in [2.24, 2.45) is 0 Å². The van der Waals surface area contributed by atoms with Gasteiger partial charge in [-0.25, -0.2) is 4.98 Å². The van der Waals surface area contributed by atoms with Crippen molar-refractivity contribution in [2.75, 3.05) is 11.4 Å². The normalized spacial score (nSPS) is 18.0. The van der Waals surface area contributed by atoms with E-state index in [4.69, 9.17) is 16.9 Å². The molecule has 4 nitrogen and oxygen atoms in total. The fourth-order valence-corrected chi connectivity index (χ4v) is 3.18. The van der Waals surface area contributed by atoms with E-state index in [0.29, 0.717) is 16.6 Å². The van der Waals surface area contributed by atoms with Gasteiger partial charge in [0.1, 0.15) is 11.9 Å². The predicted molar refractivity (Wildman–Crippen MR) is 83.5 cm³/mol. The Morgan fingerprint density at radius 2 is 2.33 bits per heavy atom. The molecule has 3 rings (SSSR count). The van der Waals surface area contributed by atoms with Crippen molar-refractivity contribution >= 4 is 17.3 Å². The fraction of sp³-hybridized carbons (Fsp3) is 0.375. The van der Waals surface area contributed by atoms with Crippen molar-refractivity contribution in [3.05, 3.63) is 47.0 Å². The summed E-state index contributed by atoms with van der Waals surface area (Å²) in [6.45, 7) is 3.99. The van der Waals surface area contributed by atoms with E-state index in [1.165, 1.54) is 6.42 Å². The minimum absolute atomic E-state index is 0.446. The van der Waals surface area contributed by atoms with Gasteiger partial charge < -0.3 is 9.47 Å². The molecular weight excluding hydrogens is 284 g/mol. The summed E-state index contributed by atoms with van der Waals surface area (Å²) in [4.78, 5) is 6.66. The van der Waals surface area contributed by atoms with E-state index >= 15 is 0 Å². The lowest BCUT2D eigenvalue weighted by atomic mass is 10.1. The average molecular weight is 301 g/mol. The van der Waals surface area contributed by atoms with Crippen LogP contribution in [-0.4, -0.2) is 22.1 Å². The molecule has 2 heterocycles. The van der Waals surface area contributed by atoms with Gasteiger partial charge >= 0.3 is 0 Å². The summed E-state index contributed by atoms with van der Waals surface area (Å²) in [6.07, 6.45) is 6.20. The molecule has 0 spiro atoms. The monoisotopic (exact) mass is 300 g/mol. The molecule has 21 heavy (non-hydrogen) atoms. The third-order valence-electron chi connectivity index (χ3n) is 4.11. The van der Waals surface area contributed by atoms with Crippen LogP contribution in [0, 0.1) is 18.3 Å². The molecule has 1 aromatic carbocycles. The maximum Gasteiger partial charge on any atom is 0.105 e. The van der Waals surface area contributed by atoms with Gasteiger partial charge in [0, 0.05) is 37.2 Å². The van der Waals surface area contributed by atoms with Crippen LogP contribution in [0.5, 0.6) is 0 Å². The van der Waals surface area contributed by atoms with E-state index in [9.17, 15) is 0 Å². The molecule has 0 radical (unpaired) electrons. The minimum atomic E-state index is 0.446. The molecule has 1 aliphatic rings. The highest BCUT2D eigenvalue weighted by Crippen LogP contribution is 2.30. The molecule has 5 heteroatoms. The number of halogens is 1. The number of hydrogen-bond acceptors (Lipinski definition) is 3. The number of aromatic nitrogens is 2. The number of anilines is 1. The second kappa shape index (κ2) is 5.79. The number of rotatable bonds is 3. The molecule has 1 aromatic heterocycles. The number of nitriles is 1. The Balaban J connectivity index is 1.82. The van der Waals surface area contributed by atoms with Gasteiger partial charge in [-0.15, -0.1) is 0 Å². The van der Waals surface area contributed by atoms with Crippen LogP contribution in [0.4, 0.5) is 5.69 Å². The quantitative estimate of drug-likeness (QED) is 0.873. The van der Waals surface area contributed by atoms with E-state index in [1.807, 2.05) is 31.5 Å². The third kappa shape index (κ3) is 2.74. The van der Waals surface area contributed by atoms with Gasteiger partial charge in [-0.05, 0) is 38.0 Å². The summed E-state index contributed by atoms with van der Waals surface area (Å²) in [6, 6.07) is 8.24. The van der Waals surface area contributed by atoms with Crippen LogP contribution in [0.25, 0.3) is 0 Å². The second-order valence-electron chi connectivity index (χ2n) is 5.39. The molecule has 0 saturated carbocycles. The highest BCUT2D eigenvalue weighted by molar-refractivity contribution is 6.32. The number of aryl methyl sites for hydroxylation is 1. The molecule has 0 bridgehead atoms. The number of imidazole rings is 1. The van der Waals surface area contributed by atoms with Crippen LogP contribution in [-0.2, 0) is 6.54 Å². The maximum atomic E-state index is 8.97. The van der Waals surface area contributed by atoms with Gasteiger partial charge in [0.05, 0.1) is 10.6 Å². The fourth-order valence-electron chi connectivity index (χ4n) is 2.96. The molecule has 1 aliphatic heterocycles. The van der Waals surface area contributed by atoms with E-state index in [1.54, 1.807) is 6.07 Å². The number of hydrogen-bond donors (Lipinski definition) is 0. The Kier molecular flexibility index (Phi) is 3.85. The summed E-state index contributed by atoms with van der Waals surface area (Å²) in [5, 5.41) is 9.50. The Labute approximate surface area is 129 Å². The summed E-state index contributed by atoms with van der Waals surface area (Å²) in [5.41, 5.74) is 1.63. The molecule has 1 atom stereocenters. The molecule has 2 aromatic rings. The topological polar surface area (TPSA) is 44.9 Å². The molecule has 0 unspecified atom stereocenters. The first-order valence-corrected chi connectivity index (χ1v) is 7.51. The standard InChI is InChI=1S/C16H17ClN4/c1-12-19-6-8-20(12)11-15-3-2-7-21(15)14-5-4-13(10-18)16(17)9-14/h4-6,8-9,15H,2-3,7,11H2,1H3/t15-/m1/s1. The van der Waals surface area contributed by atoms with Crippen molar-refractivity contribution in [3.63, 3.8) is 0 Å². The van der Waals surface area contributed by atoms with Gasteiger partial charge in [-0.3, -0.25) is 0 Å². The third-order valence-corrected chi connectivity index (χ3v) is 4.43. The highest BCUT2D eigenvalue weighted by Gasteiger charge is 2.25. The van der Waals surface area contributed by atoms with Crippen LogP contribution < -0.4 is 4.90 Å². The Morgan fingerprint density at radius 1 is 1.48 bits per heavy atom. The summed E-state index contributed by atoms with van der Waals surface area (Å²) < 4.78 is 2.19. The van der Waals surface area contributed by atoms with Gasteiger partial charge in [-0.2, -0.15) is 5.26 Å². The van der Waals surface area contributed by atoms with Gasteiger partial charge in [0.2, 0.25) is 0 Å². The first-order valence-electron chi connectivity index (χ1n) is 7.13. The number of nitrogens with zero attached hydrogens (tertiary/aromatic N) is 4. The maximum absolute atomic E-state index is 8.97. The molecule has 0 aliphatic carbocycles. The molecular formula is C16H17ClN4. The summed E-state index contributed by atoms with van der Waals surface area (Å²) in [5.74, 6) is 1.04. The van der Waals surface area contributed by atoms with E-state index < -0.39 is 0 Å². The van der Waals surface area contributed by atoms with Crippen molar-refractivity contribution in [2.45, 2.75) is 32.4 Å². The van der Waals surface area contributed by atoms with Crippen molar-refractivity contribution in [1.82, 2.24) is 9.55 Å². The van der Waals surface area contributed by atoms with Gasteiger partial charge in [-0.1, -0.05) is 11.6 Å². The van der Waals surface area contributed by atoms with E-state index in [-0.39, 0.29) is 0 Å². The minimum Gasteiger partial charge on any atom is -0.367 e. The summed E-state index contributed by atoms with van der Waals surface area (Å²) >= 11 is 6.16. The number of benzene rings is 1. The van der Waals surface area contributed by atoms with Crippen LogP contribution in [0.15, 0.2) is 30.6 Å². The largest absolute Gasteiger partial charge is 0.367 e. The Morgan fingerprint density at radius 3 is 3.00 bits per heavy atom. The van der Waals surface area contributed by atoms with Gasteiger partial charge in [0.15, 0.2) is 0 Å². The zero-order valence-corrected chi connectivity index (χ0v) is 12.7. The van der Waals surface area contributed by atoms with E-state index in [2.05, 4.69) is 20.5 Å². The molecule has 0 N–H and O–H groups in total. The predicted octanol–water partition coefficient (Wildman–Crippen LogP) is 3.39. The molecule has 0 amide bonds. The lowest BCUT2D eigenvalue weighted by molar-refractivity contribution is 0.540. The molecule has 1 fully saturated rings. The van der Waals surface area contributed by atoms with Crippen LogP contribution >= 0.6 is 11.6 Å². The Hall–Kier alpha value is -1.99. The van der Waals surface area contributed by atoms with Gasteiger partial charge in [0.25, 0.3) is 0 Å². The SMILES string of the molecule is Cc1nccn1C[C@H]1CCCN1c1ccc(C#N)c(Cl)c1. The summed E-state index contributed by atoms with van der Waals surface area (Å²) in [7, 11) is 0. The lowest BCUT2D eigenvalue weighted by Crippen LogP contribution is -2.33. The first-order chi connectivity index (χ1) is 10.2. The van der Waals surface area contributed by atoms with Crippen molar-refractivity contribution < 1.29 is 0 Å². The Bertz CT molecular complexity index is 686. The van der Waals surface area contributed by atoms with Crippen molar-refractivity contribution in [1.29, 1.82) is 5.26 Å². The zero-order chi connectivity index (χ0) is 14.8. The van der Waals surface area contributed by atoms with E-state index in [0.717, 1.165) is 31.0 Å². The molecule has 108 valence electrons. The van der Waals surface area contributed by atoms with Crippen LogP contribution in [0.3, 0.4) is 0 Å². The lowest BCUT2D eigenvalue weighted by Gasteiger charge is -2.27. The molecule has 1 saturated heterocycles. The smallest absolute Gasteiger partial charge is 0.105 e. The zero-order valence-electron chi connectivity index (χ0n) is 12.0. The first kappa shape index (κ1) is 14.0. The average Bonchev–Trinajstić information content (AvgIpc) is 3.09. The van der Waals surface area contributed by atoms with Crippen LogP contribution in [0.1, 0.15) is 24.2 Å².